The molecule has 0 saturated heterocycles. The summed E-state index contributed by atoms with van der Waals surface area (Å²) >= 11 is 3.41. The van der Waals surface area contributed by atoms with Crippen LogP contribution in [0.5, 0.6) is 0 Å². The smallest absolute Gasteiger partial charge is 0.0480 e. The van der Waals surface area contributed by atoms with Gasteiger partial charge >= 0.3 is 0 Å². The maximum atomic E-state index is 4.06. The first-order chi connectivity index (χ1) is 5.86. The molecule has 1 aliphatic heterocycles. The van der Waals surface area contributed by atoms with E-state index in [2.05, 4.69) is 26.2 Å². The highest BCUT2D eigenvalue weighted by atomic mass is 79.9. The first-order valence-electron chi connectivity index (χ1n) is 3.60. The Bertz CT molecular complexity index is 356. The van der Waals surface area contributed by atoms with E-state index in [0.717, 1.165) is 15.7 Å². The second-order valence-electron chi connectivity index (χ2n) is 2.47. The molecular weight excluding hydrogens is 216 g/mol. The molecule has 2 rings (SSSR count). The van der Waals surface area contributed by atoms with Crippen LogP contribution in [0.25, 0.3) is 0 Å². The summed E-state index contributed by atoms with van der Waals surface area (Å²) in [7, 11) is 0. The largest absolute Gasteiger partial charge is 0.360 e. The van der Waals surface area contributed by atoms with Crippen molar-refractivity contribution >= 4 is 27.8 Å². The minimum absolute atomic E-state index is 1.07. The monoisotopic (exact) mass is 222 g/mol. The van der Waals surface area contributed by atoms with Crippen molar-refractivity contribution in [1.29, 1.82) is 0 Å². The van der Waals surface area contributed by atoms with Crippen molar-refractivity contribution in [2.75, 3.05) is 5.32 Å². The summed E-state index contributed by atoms with van der Waals surface area (Å²) in [5, 5.41) is 3.13. The number of anilines is 1. The normalized spacial score (nSPS) is 13.4. The summed E-state index contributed by atoms with van der Waals surface area (Å²) in [5.74, 6) is 0. The van der Waals surface area contributed by atoms with Crippen molar-refractivity contribution in [1.82, 2.24) is 0 Å². The summed E-state index contributed by atoms with van der Waals surface area (Å²) in [6.07, 6.45) is 5.38. The first-order valence-corrected chi connectivity index (χ1v) is 4.40. The molecule has 2 nitrogen and oxygen atoms in total. The lowest BCUT2D eigenvalue weighted by Crippen LogP contribution is -1.90. The summed E-state index contributed by atoms with van der Waals surface area (Å²) in [6.45, 7) is 0. The number of aliphatic imine (C=N–C) groups is 1. The van der Waals surface area contributed by atoms with Crippen molar-refractivity contribution in [3.8, 4) is 0 Å². The predicted octanol–water partition coefficient (Wildman–Crippen LogP) is 2.76. The van der Waals surface area contributed by atoms with Gasteiger partial charge in [-0.1, -0.05) is 22.0 Å². The molecule has 60 valence electrons. The Kier molecular flexibility index (Phi) is 1.96. The van der Waals surface area contributed by atoms with Crippen LogP contribution >= 0.6 is 15.9 Å². The average Bonchev–Trinajstić information content (AvgIpc) is 2.28. The predicted molar refractivity (Wildman–Crippen MR) is 54.5 cm³/mol. The molecule has 1 aromatic carbocycles. The molecule has 0 fully saturated rings. The van der Waals surface area contributed by atoms with Gasteiger partial charge in [-0.15, -0.1) is 0 Å². The van der Waals surface area contributed by atoms with E-state index in [1.54, 1.807) is 6.20 Å². The Morgan fingerprint density at radius 3 is 3.17 bits per heavy atom. The Hall–Kier alpha value is -1.09. The highest BCUT2D eigenvalue weighted by molar-refractivity contribution is 9.10. The number of fused-ring (bicyclic) bond motifs is 1. The van der Waals surface area contributed by atoms with Crippen LogP contribution in [0.15, 0.2) is 40.1 Å². The maximum Gasteiger partial charge on any atom is 0.0480 e. The molecule has 0 aromatic heterocycles. The van der Waals surface area contributed by atoms with E-state index >= 15 is 0 Å². The number of hydrogen-bond donors (Lipinski definition) is 1. The van der Waals surface area contributed by atoms with Crippen molar-refractivity contribution in [3.63, 3.8) is 0 Å². The van der Waals surface area contributed by atoms with E-state index in [0.29, 0.717) is 0 Å². The van der Waals surface area contributed by atoms with Gasteiger partial charge in [0.25, 0.3) is 0 Å². The summed E-state index contributed by atoms with van der Waals surface area (Å²) in [5.41, 5.74) is 2.17. The second kappa shape index (κ2) is 3.11. The summed E-state index contributed by atoms with van der Waals surface area (Å²) in [6, 6.07) is 6.04. The first kappa shape index (κ1) is 7.55. The number of nitrogens with one attached hydrogen (secondary N) is 1. The van der Waals surface area contributed by atoms with E-state index in [-0.39, 0.29) is 0 Å². The third kappa shape index (κ3) is 1.41. The number of benzene rings is 1. The van der Waals surface area contributed by atoms with Gasteiger partial charge in [0.05, 0.1) is 0 Å². The summed E-state index contributed by atoms with van der Waals surface area (Å²) < 4.78 is 1.07. The van der Waals surface area contributed by atoms with Gasteiger partial charge in [0, 0.05) is 34.3 Å². The molecule has 1 aromatic rings. The topological polar surface area (TPSA) is 24.4 Å². The molecular formula is C9H7BrN2. The van der Waals surface area contributed by atoms with Crippen molar-refractivity contribution in [3.05, 3.63) is 40.6 Å². The van der Waals surface area contributed by atoms with Crippen LogP contribution in [0, 0.1) is 0 Å². The van der Waals surface area contributed by atoms with E-state index in [4.69, 9.17) is 0 Å². The van der Waals surface area contributed by atoms with Crippen molar-refractivity contribution in [2.45, 2.75) is 0 Å². The van der Waals surface area contributed by atoms with Crippen LogP contribution in [0.1, 0.15) is 5.56 Å². The van der Waals surface area contributed by atoms with Gasteiger partial charge in [-0.25, -0.2) is 0 Å². The summed E-state index contributed by atoms with van der Waals surface area (Å²) in [4.78, 5) is 4.06. The van der Waals surface area contributed by atoms with E-state index in [9.17, 15) is 0 Å². The van der Waals surface area contributed by atoms with E-state index in [1.807, 2.05) is 30.6 Å². The molecule has 0 radical (unpaired) electrons. The van der Waals surface area contributed by atoms with Crippen LogP contribution in [0.2, 0.25) is 0 Å². The Morgan fingerprint density at radius 2 is 2.25 bits per heavy atom. The van der Waals surface area contributed by atoms with Crippen LogP contribution in [-0.2, 0) is 0 Å². The quantitative estimate of drug-likeness (QED) is 0.718. The Balaban J connectivity index is 2.53. The molecule has 0 amide bonds. The van der Waals surface area contributed by atoms with Crippen LogP contribution in [0.3, 0.4) is 0 Å². The van der Waals surface area contributed by atoms with Gasteiger partial charge in [-0.2, -0.15) is 0 Å². The van der Waals surface area contributed by atoms with Crippen molar-refractivity contribution < 1.29 is 0 Å². The van der Waals surface area contributed by atoms with Crippen LogP contribution in [-0.4, -0.2) is 6.21 Å². The minimum atomic E-state index is 1.07. The molecule has 1 N–H and O–H groups in total. The molecule has 12 heavy (non-hydrogen) atoms. The molecule has 1 heterocycles. The highest BCUT2D eigenvalue weighted by Gasteiger charge is 2.00. The molecule has 0 spiro atoms. The highest BCUT2D eigenvalue weighted by Crippen LogP contribution is 2.21. The number of nitrogens with zero attached hydrogens (tertiary/aromatic N) is 1. The maximum absolute atomic E-state index is 4.06. The zero-order chi connectivity index (χ0) is 8.39. The fourth-order valence-corrected chi connectivity index (χ4v) is 1.42. The van der Waals surface area contributed by atoms with Gasteiger partial charge < -0.3 is 5.32 Å². The third-order valence-corrected chi connectivity index (χ3v) is 2.12. The van der Waals surface area contributed by atoms with Gasteiger partial charge in [0.2, 0.25) is 0 Å². The van der Waals surface area contributed by atoms with Gasteiger partial charge in [0.15, 0.2) is 0 Å². The third-order valence-electron chi connectivity index (χ3n) is 1.63. The molecule has 1 aliphatic rings. The molecule has 0 saturated carbocycles. The van der Waals surface area contributed by atoms with Crippen molar-refractivity contribution in [2.24, 2.45) is 4.99 Å². The fourth-order valence-electron chi connectivity index (χ4n) is 1.06. The number of hydrogen-bond acceptors (Lipinski definition) is 2. The number of halogens is 1. The lowest BCUT2D eigenvalue weighted by atomic mass is 10.2. The molecule has 0 unspecified atom stereocenters. The lowest BCUT2D eigenvalue weighted by molar-refractivity contribution is 1.54. The van der Waals surface area contributed by atoms with Crippen LogP contribution < -0.4 is 5.32 Å². The van der Waals surface area contributed by atoms with Gasteiger partial charge in [0.1, 0.15) is 0 Å². The minimum Gasteiger partial charge on any atom is -0.360 e. The standard InChI is InChI=1S/C9H7BrN2/c10-8-2-1-7-6-11-3-4-12-9(7)5-8/h1-6,12H. The zero-order valence-corrected chi connectivity index (χ0v) is 7.88. The number of rotatable bonds is 0. The SMILES string of the molecule is Brc1ccc2c(c1)NC=CN=C2. The van der Waals surface area contributed by atoms with Gasteiger partial charge in [-0.3, -0.25) is 4.99 Å². The second-order valence-corrected chi connectivity index (χ2v) is 3.39. The van der Waals surface area contributed by atoms with E-state index in [1.165, 1.54) is 0 Å². The van der Waals surface area contributed by atoms with Crippen LogP contribution in [0.4, 0.5) is 5.69 Å². The average molecular weight is 223 g/mol. The van der Waals surface area contributed by atoms with E-state index < -0.39 is 0 Å². The molecule has 0 bridgehead atoms. The molecule has 3 heteroatoms. The lowest BCUT2D eigenvalue weighted by Gasteiger charge is -2.03. The Labute approximate surface area is 79.1 Å². The zero-order valence-electron chi connectivity index (χ0n) is 6.29. The Morgan fingerprint density at radius 1 is 1.33 bits per heavy atom. The molecule has 0 aliphatic carbocycles. The molecule has 0 atom stereocenters. The van der Waals surface area contributed by atoms with Gasteiger partial charge in [-0.05, 0) is 12.1 Å². The fraction of sp³-hybridized carbons (Fsp3) is 0.